The quantitative estimate of drug-likeness (QED) is 0.925. The summed E-state index contributed by atoms with van der Waals surface area (Å²) in [5.41, 5.74) is 0.867. The van der Waals surface area contributed by atoms with Crippen LogP contribution in [0, 0.1) is 13.8 Å². The maximum atomic E-state index is 11.3. The molecular weight excluding hydrogens is 326 g/mol. The van der Waals surface area contributed by atoms with Gasteiger partial charge >= 0.3 is 5.97 Å². The van der Waals surface area contributed by atoms with Crippen LogP contribution in [-0.2, 0) is 13.7 Å². The lowest BCUT2D eigenvalue weighted by atomic mass is 10.1. The number of aromatic nitrogens is 3. The van der Waals surface area contributed by atoms with Crippen molar-refractivity contribution in [1.82, 2.24) is 14.8 Å². The zero-order valence-electron chi connectivity index (χ0n) is 11.3. The van der Waals surface area contributed by atoms with Crippen LogP contribution in [0.1, 0.15) is 27.6 Å². The van der Waals surface area contributed by atoms with Gasteiger partial charge in [-0.05, 0) is 31.5 Å². The molecule has 0 amide bonds. The molecule has 2 rings (SSSR count). The van der Waals surface area contributed by atoms with Crippen molar-refractivity contribution in [1.29, 1.82) is 0 Å². The number of benzene rings is 1. The number of carboxylic acids is 1. The van der Waals surface area contributed by atoms with Crippen LogP contribution >= 0.6 is 15.9 Å². The largest absolute Gasteiger partial charge is 0.484 e. The van der Waals surface area contributed by atoms with Crippen molar-refractivity contribution >= 4 is 21.9 Å². The highest BCUT2D eigenvalue weighted by Crippen LogP contribution is 2.28. The maximum absolute atomic E-state index is 11.3. The summed E-state index contributed by atoms with van der Waals surface area (Å²) in [6, 6.07) is 3.33. The number of aromatic carboxylic acids is 1. The van der Waals surface area contributed by atoms with Crippen molar-refractivity contribution in [3.05, 3.63) is 39.4 Å². The molecule has 6 nitrogen and oxygen atoms in total. The van der Waals surface area contributed by atoms with Crippen LogP contribution in [0.2, 0.25) is 0 Å². The molecule has 0 aliphatic carbocycles. The summed E-state index contributed by atoms with van der Waals surface area (Å²) in [5, 5.41) is 17.2. The third-order valence-electron chi connectivity index (χ3n) is 3.00. The molecule has 1 N–H and O–H groups in total. The first-order valence-electron chi connectivity index (χ1n) is 5.91. The van der Waals surface area contributed by atoms with Crippen LogP contribution in [0.4, 0.5) is 0 Å². The lowest BCUT2D eigenvalue weighted by Gasteiger charge is -2.12. The van der Waals surface area contributed by atoms with Gasteiger partial charge in [-0.2, -0.15) is 0 Å². The monoisotopic (exact) mass is 339 g/mol. The smallest absolute Gasteiger partial charge is 0.339 e. The first kappa shape index (κ1) is 14.5. The van der Waals surface area contributed by atoms with Crippen LogP contribution in [0.3, 0.4) is 0 Å². The van der Waals surface area contributed by atoms with E-state index in [0.29, 0.717) is 16.0 Å². The lowest BCUT2D eigenvalue weighted by molar-refractivity contribution is 0.0691. The molecule has 1 heterocycles. The standard InChI is InChI=1S/C13H14BrN3O3/c1-7-4-9(14)5-10(13(18)19)12(7)20-6-11-16-15-8(2)17(11)3/h4-5H,6H2,1-3H3,(H,18,19). The van der Waals surface area contributed by atoms with Gasteiger partial charge in [-0.1, -0.05) is 15.9 Å². The van der Waals surface area contributed by atoms with Gasteiger partial charge in [0, 0.05) is 11.5 Å². The van der Waals surface area contributed by atoms with E-state index in [1.807, 2.05) is 20.0 Å². The van der Waals surface area contributed by atoms with E-state index in [2.05, 4.69) is 26.1 Å². The minimum atomic E-state index is -1.03. The second-order valence-corrected chi connectivity index (χ2v) is 5.33. The van der Waals surface area contributed by atoms with Gasteiger partial charge in [0.25, 0.3) is 0 Å². The number of rotatable bonds is 4. The van der Waals surface area contributed by atoms with E-state index in [0.717, 1.165) is 11.4 Å². The Balaban J connectivity index is 2.29. The molecule has 7 heteroatoms. The van der Waals surface area contributed by atoms with Gasteiger partial charge in [0.05, 0.1) is 0 Å². The average molecular weight is 340 g/mol. The Morgan fingerprint density at radius 2 is 2.10 bits per heavy atom. The summed E-state index contributed by atoms with van der Waals surface area (Å²) in [6.07, 6.45) is 0. The van der Waals surface area contributed by atoms with E-state index < -0.39 is 5.97 Å². The molecule has 0 atom stereocenters. The summed E-state index contributed by atoms with van der Waals surface area (Å²) >= 11 is 3.28. The number of aryl methyl sites for hydroxylation is 2. The molecule has 1 aromatic carbocycles. The SMILES string of the molecule is Cc1cc(Br)cc(C(=O)O)c1OCc1nnc(C)n1C. The fourth-order valence-corrected chi connectivity index (χ4v) is 2.37. The van der Waals surface area contributed by atoms with Gasteiger partial charge in [0.1, 0.15) is 23.7 Å². The van der Waals surface area contributed by atoms with Crippen molar-refractivity contribution < 1.29 is 14.6 Å². The van der Waals surface area contributed by atoms with Gasteiger partial charge in [-0.15, -0.1) is 10.2 Å². The zero-order chi connectivity index (χ0) is 14.9. The van der Waals surface area contributed by atoms with Crippen molar-refractivity contribution in [2.75, 3.05) is 0 Å². The number of carboxylic acid groups (broad SMARTS) is 1. The highest BCUT2D eigenvalue weighted by Gasteiger charge is 2.16. The molecule has 0 spiro atoms. The first-order valence-corrected chi connectivity index (χ1v) is 6.70. The van der Waals surface area contributed by atoms with E-state index in [1.165, 1.54) is 6.07 Å². The van der Waals surface area contributed by atoms with E-state index >= 15 is 0 Å². The van der Waals surface area contributed by atoms with Gasteiger partial charge < -0.3 is 14.4 Å². The maximum Gasteiger partial charge on any atom is 0.339 e. The second kappa shape index (κ2) is 5.62. The number of hydrogen-bond donors (Lipinski definition) is 1. The molecule has 2 aromatic rings. The van der Waals surface area contributed by atoms with Gasteiger partial charge in [-0.25, -0.2) is 4.79 Å². The molecule has 0 radical (unpaired) electrons. The third kappa shape index (κ3) is 2.82. The van der Waals surface area contributed by atoms with E-state index in [4.69, 9.17) is 4.74 Å². The van der Waals surface area contributed by atoms with Crippen LogP contribution < -0.4 is 4.74 Å². The topological polar surface area (TPSA) is 77.2 Å². The fourth-order valence-electron chi connectivity index (χ4n) is 1.79. The Hall–Kier alpha value is -1.89. The average Bonchev–Trinajstić information content (AvgIpc) is 2.68. The molecule has 0 aliphatic rings. The number of ether oxygens (including phenoxy) is 1. The fraction of sp³-hybridized carbons (Fsp3) is 0.308. The minimum Gasteiger partial charge on any atom is -0.484 e. The number of nitrogens with zero attached hydrogens (tertiary/aromatic N) is 3. The van der Waals surface area contributed by atoms with Crippen LogP contribution in [0.15, 0.2) is 16.6 Å². The van der Waals surface area contributed by atoms with E-state index in [-0.39, 0.29) is 12.2 Å². The second-order valence-electron chi connectivity index (χ2n) is 4.42. The normalized spacial score (nSPS) is 10.6. The highest BCUT2D eigenvalue weighted by molar-refractivity contribution is 9.10. The highest BCUT2D eigenvalue weighted by atomic mass is 79.9. The molecule has 0 fully saturated rings. The predicted molar refractivity (Wildman–Crippen MR) is 75.9 cm³/mol. The Bertz CT molecular complexity index is 667. The van der Waals surface area contributed by atoms with Crippen molar-refractivity contribution in [2.24, 2.45) is 7.05 Å². The van der Waals surface area contributed by atoms with Gasteiger partial charge in [0.2, 0.25) is 0 Å². The molecular formula is C13H14BrN3O3. The minimum absolute atomic E-state index is 0.121. The molecule has 0 saturated heterocycles. The molecule has 20 heavy (non-hydrogen) atoms. The van der Waals surface area contributed by atoms with Crippen LogP contribution in [-0.4, -0.2) is 25.8 Å². The Morgan fingerprint density at radius 3 is 2.65 bits per heavy atom. The van der Waals surface area contributed by atoms with Crippen molar-refractivity contribution in [3.8, 4) is 5.75 Å². The summed E-state index contributed by atoms with van der Waals surface area (Å²) < 4.78 is 8.14. The molecule has 1 aromatic heterocycles. The Kier molecular flexibility index (Phi) is 4.08. The summed E-state index contributed by atoms with van der Waals surface area (Å²) in [7, 11) is 1.83. The summed E-state index contributed by atoms with van der Waals surface area (Å²) in [4.78, 5) is 11.3. The van der Waals surface area contributed by atoms with E-state index in [9.17, 15) is 9.90 Å². The molecule has 0 saturated carbocycles. The number of carbonyl (C=O) groups is 1. The summed E-state index contributed by atoms with van der Waals surface area (Å²) in [6.45, 7) is 3.80. The Morgan fingerprint density at radius 1 is 1.40 bits per heavy atom. The Labute approximate surface area is 124 Å². The third-order valence-corrected chi connectivity index (χ3v) is 3.46. The summed E-state index contributed by atoms with van der Waals surface area (Å²) in [5.74, 6) is 0.732. The molecule has 106 valence electrons. The predicted octanol–water partition coefficient (Wildman–Crippen LogP) is 2.47. The number of hydrogen-bond acceptors (Lipinski definition) is 4. The van der Waals surface area contributed by atoms with Gasteiger partial charge in [-0.3, -0.25) is 0 Å². The van der Waals surface area contributed by atoms with E-state index in [1.54, 1.807) is 11.5 Å². The first-order chi connectivity index (χ1) is 9.40. The zero-order valence-corrected chi connectivity index (χ0v) is 12.9. The van der Waals surface area contributed by atoms with Crippen LogP contribution in [0.25, 0.3) is 0 Å². The molecule has 0 aliphatic heterocycles. The number of halogens is 1. The van der Waals surface area contributed by atoms with Crippen molar-refractivity contribution in [2.45, 2.75) is 20.5 Å². The van der Waals surface area contributed by atoms with Crippen molar-refractivity contribution in [3.63, 3.8) is 0 Å². The van der Waals surface area contributed by atoms with Gasteiger partial charge in [0.15, 0.2) is 5.82 Å². The lowest BCUT2D eigenvalue weighted by Crippen LogP contribution is -2.08. The van der Waals surface area contributed by atoms with Crippen LogP contribution in [0.5, 0.6) is 5.75 Å². The molecule has 0 unspecified atom stereocenters. The molecule has 0 bridgehead atoms.